The molecule has 4 rings (SSSR count). The molecule has 4 aliphatic rings. The molecule has 0 saturated heterocycles. The molecule has 0 aliphatic heterocycles. The summed E-state index contributed by atoms with van der Waals surface area (Å²) in [5.74, 6) is 4.78. The summed E-state index contributed by atoms with van der Waals surface area (Å²) in [6, 6.07) is -0.568. The van der Waals surface area contributed by atoms with E-state index in [4.69, 9.17) is 27.7 Å². The van der Waals surface area contributed by atoms with Gasteiger partial charge in [-0.25, -0.2) is 4.79 Å². The molecular weight excluding hydrogens is 536 g/mol. The van der Waals surface area contributed by atoms with Crippen LogP contribution in [0, 0.1) is 46.3 Å². The van der Waals surface area contributed by atoms with E-state index < -0.39 is 6.04 Å². The molecule has 3 saturated carbocycles. The highest BCUT2D eigenvalue weighted by molar-refractivity contribution is 5.76. The number of allylic oxidation sites excluding steroid dienone is 1. The summed E-state index contributed by atoms with van der Waals surface area (Å²) in [5.41, 5.74) is 24.5. The summed E-state index contributed by atoms with van der Waals surface area (Å²) in [5, 5.41) is 0. The molecule has 8 nitrogen and oxygen atoms in total. The maximum Gasteiger partial charge on any atom is 0.343 e. The van der Waals surface area contributed by atoms with Crippen molar-refractivity contribution in [3.05, 3.63) is 11.6 Å². The third kappa shape index (κ3) is 7.70. The first kappa shape index (κ1) is 33.6. The van der Waals surface area contributed by atoms with E-state index in [-0.39, 0.29) is 29.4 Å². The van der Waals surface area contributed by atoms with Crippen molar-refractivity contribution < 1.29 is 14.5 Å². The quantitative estimate of drug-likeness (QED) is 0.0705. The molecule has 4 aliphatic carbocycles. The van der Waals surface area contributed by atoms with Gasteiger partial charge in [-0.15, -0.1) is 0 Å². The van der Waals surface area contributed by atoms with Crippen LogP contribution in [0.3, 0.4) is 0 Å². The Morgan fingerprint density at radius 3 is 2.44 bits per heavy atom. The van der Waals surface area contributed by atoms with Crippen LogP contribution in [0.15, 0.2) is 16.6 Å². The van der Waals surface area contributed by atoms with Gasteiger partial charge < -0.3 is 16.2 Å². The van der Waals surface area contributed by atoms with Crippen LogP contribution >= 0.6 is 0 Å². The Hall–Kier alpha value is -2.25. The third-order valence-electron chi connectivity index (χ3n) is 12.4. The van der Waals surface area contributed by atoms with E-state index in [0.717, 1.165) is 67.6 Å². The number of hydrogen-bond acceptors (Lipinski definition) is 3. The summed E-state index contributed by atoms with van der Waals surface area (Å²) in [7, 11) is 0. The predicted molar refractivity (Wildman–Crippen MR) is 176 cm³/mol. The number of nitrogens with one attached hydrogen (secondary N) is 1. The van der Waals surface area contributed by atoms with Crippen molar-refractivity contribution in [1.82, 2.24) is 0 Å². The number of unbranched alkanes of at least 4 members (excludes halogenated alkanes) is 1. The van der Waals surface area contributed by atoms with Crippen LogP contribution in [0.4, 0.5) is 0 Å². The molecule has 43 heavy (non-hydrogen) atoms. The van der Waals surface area contributed by atoms with Crippen molar-refractivity contribution >= 4 is 17.9 Å². The van der Waals surface area contributed by atoms with Gasteiger partial charge in [0.05, 0.1) is 0 Å². The lowest BCUT2D eigenvalue weighted by atomic mass is 9.47. The number of carbonyl (C=O) groups excluding carboxylic acids is 1. The predicted octanol–water partition coefficient (Wildman–Crippen LogP) is 4.11. The third-order valence-corrected chi connectivity index (χ3v) is 12.4. The minimum absolute atomic E-state index is 0.0341. The zero-order chi connectivity index (χ0) is 31.4. The maximum absolute atomic E-state index is 13.2. The Morgan fingerprint density at radius 2 is 1.74 bits per heavy atom. The molecule has 0 radical (unpaired) electrons. The summed E-state index contributed by atoms with van der Waals surface area (Å²) in [6.07, 6.45) is 18.3. The van der Waals surface area contributed by atoms with Gasteiger partial charge >= 0.3 is 11.9 Å². The van der Waals surface area contributed by atoms with Crippen molar-refractivity contribution in [3.8, 4) is 0 Å². The first-order chi connectivity index (χ1) is 20.3. The number of nitrogens with zero attached hydrogens (tertiary/aromatic N) is 1. The Labute approximate surface area is 261 Å². The highest BCUT2D eigenvalue weighted by Crippen LogP contribution is 2.67. The Morgan fingerprint density at radius 1 is 0.977 bits per heavy atom. The van der Waals surface area contributed by atoms with Crippen LogP contribution in [0.1, 0.15) is 125 Å². The second kappa shape index (κ2) is 14.2. The number of aliphatic imine (C=N–C) groups is 1. The summed E-state index contributed by atoms with van der Waals surface area (Å²) >= 11 is 0. The van der Waals surface area contributed by atoms with Gasteiger partial charge in [0, 0.05) is 13.0 Å². The molecule has 0 spiro atoms. The number of fused-ring (bicyclic) bond motifs is 5. The average Bonchev–Trinajstić information content (AvgIpc) is 3.29. The normalized spacial score (nSPS) is 34.7. The van der Waals surface area contributed by atoms with E-state index in [9.17, 15) is 4.79 Å². The number of carbonyl (C=O) groups is 1. The van der Waals surface area contributed by atoms with Crippen molar-refractivity contribution in [2.45, 2.75) is 137 Å². The van der Waals surface area contributed by atoms with Crippen molar-refractivity contribution in [2.24, 2.45) is 74.3 Å². The van der Waals surface area contributed by atoms with Crippen molar-refractivity contribution in [1.29, 1.82) is 0 Å². The number of esters is 1. The SMILES string of the molecule is CC(C)CCCC(C)C1CCC2C3CC=C4CC(OC(=O)C(CCCCN=C(N)N)[NH+]=C(N)N)CCC4(C)C3CCC12C. The van der Waals surface area contributed by atoms with Crippen LogP contribution in [-0.2, 0) is 9.53 Å². The van der Waals surface area contributed by atoms with Crippen molar-refractivity contribution in [2.75, 3.05) is 6.54 Å². The van der Waals surface area contributed by atoms with Gasteiger partial charge in [-0.1, -0.05) is 65.5 Å². The first-order valence-corrected chi connectivity index (χ1v) is 17.4. The summed E-state index contributed by atoms with van der Waals surface area (Å²) in [4.78, 5) is 20.2. The van der Waals surface area contributed by atoms with Gasteiger partial charge in [-0.05, 0) is 111 Å². The molecule has 0 aromatic heterocycles. The maximum atomic E-state index is 13.2. The number of nitrogens with two attached hydrogens (primary N) is 4. The average molecular weight is 600 g/mol. The van der Waals surface area contributed by atoms with Crippen LogP contribution in [0.2, 0.25) is 0 Å². The Bertz CT molecular complexity index is 1050. The smallest absolute Gasteiger partial charge is 0.343 e. The highest BCUT2D eigenvalue weighted by Gasteiger charge is 2.59. The molecular formula is C35H63N6O2+. The fourth-order valence-corrected chi connectivity index (χ4v) is 10.1. The van der Waals surface area contributed by atoms with Gasteiger partial charge in [0.25, 0.3) is 0 Å². The highest BCUT2D eigenvalue weighted by atomic mass is 16.5. The molecule has 9 N–H and O–H groups in total. The molecule has 8 heteroatoms. The first-order valence-electron chi connectivity index (χ1n) is 17.4. The lowest BCUT2D eigenvalue weighted by Crippen LogP contribution is -2.85. The van der Waals surface area contributed by atoms with E-state index >= 15 is 0 Å². The van der Waals surface area contributed by atoms with Crippen LogP contribution < -0.4 is 27.9 Å². The topological polar surface area (TPSA) is 157 Å². The number of rotatable bonds is 13. The zero-order valence-electron chi connectivity index (χ0n) is 27.9. The number of hydrogen-bond donors (Lipinski definition) is 5. The lowest BCUT2D eigenvalue weighted by Gasteiger charge is -2.58. The molecule has 3 fully saturated rings. The molecule has 9 atom stereocenters. The second-order valence-electron chi connectivity index (χ2n) is 15.5. The van der Waals surface area contributed by atoms with E-state index in [0.29, 0.717) is 18.4 Å². The minimum Gasteiger partial charge on any atom is -0.459 e. The van der Waals surface area contributed by atoms with E-state index in [1.807, 2.05) is 0 Å². The molecule has 0 bridgehead atoms. The second-order valence-corrected chi connectivity index (χ2v) is 15.5. The minimum atomic E-state index is -0.568. The zero-order valence-corrected chi connectivity index (χ0v) is 27.9. The lowest BCUT2D eigenvalue weighted by molar-refractivity contribution is -0.494. The van der Waals surface area contributed by atoms with Gasteiger partial charge in [-0.2, -0.15) is 0 Å². The van der Waals surface area contributed by atoms with Gasteiger partial charge in [-0.3, -0.25) is 21.5 Å². The fourth-order valence-electron chi connectivity index (χ4n) is 10.1. The van der Waals surface area contributed by atoms with E-state index in [2.05, 4.69) is 50.7 Å². The van der Waals surface area contributed by atoms with Crippen LogP contribution in [0.25, 0.3) is 0 Å². The van der Waals surface area contributed by atoms with E-state index in [1.165, 1.54) is 56.9 Å². The number of ether oxygens (including phenoxy) is 1. The largest absolute Gasteiger partial charge is 0.459 e. The molecule has 0 aromatic carbocycles. The number of guanidine groups is 2. The van der Waals surface area contributed by atoms with Crippen LogP contribution in [-0.4, -0.2) is 36.6 Å². The van der Waals surface area contributed by atoms with Gasteiger partial charge in [0.15, 0.2) is 12.0 Å². The molecule has 0 heterocycles. The van der Waals surface area contributed by atoms with E-state index in [1.54, 1.807) is 0 Å². The Kier molecular flexibility index (Phi) is 11.1. The molecule has 244 valence electrons. The standard InChI is InChI=1S/C35H62N6O2/c1-22(2)9-8-10-23(3)27-14-15-28-26-13-12-24-21-25(16-18-34(24,4)29(26)17-19-35(27,28)5)43-31(42)30(41-33(38)39)11-6-7-20-40-32(36)37/h12,22-23,25-30H,6-11,13-21H2,1-5H3,(H4,36,37,40)(H4,38,39,41)/p+1. The van der Waals surface area contributed by atoms with Gasteiger partial charge in [0.2, 0.25) is 0 Å². The summed E-state index contributed by atoms with van der Waals surface area (Å²) < 4.78 is 6.12. The molecule has 9 unspecified atom stereocenters. The van der Waals surface area contributed by atoms with Gasteiger partial charge in [0.1, 0.15) is 6.10 Å². The fraction of sp³-hybridized carbons (Fsp3) is 0.857. The van der Waals surface area contributed by atoms with Crippen molar-refractivity contribution in [3.63, 3.8) is 0 Å². The molecule has 0 amide bonds. The monoisotopic (exact) mass is 600 g/mol. The molecule has 0 aromatic rings. The Balaban J connectivity index is 1.37. The van der Waals surface area contributed by atoms with Crippen LogP contribution in [0.5, 0.6) is 0 Å². The summed E-state index contributed by atoms with van der Waals surface area (Å²) in [6.45, 7) is 13.0.